The minimum absolute atomic E-state index is 0.0866. The lowest BCUT2D eigenvalue weighted by molar-refractivity contribution is 0.0700. The summed E-state index contributed by atoms with van der Waals surface area (Å²) < 4.78 is 10.6. The van der Waals surface area contributed by atoms with Crippen molar-refractivity contribution in [2.75, 3.05) is 41.4 Å². The Labute approximate surface area is 142 Å². The number of nitrogens with one attached hydrogen (secondary N) is 1. The van der Waals surface area contributed by atoms with Crippen molar-refractivity contribution in [3.8, 4) is 11.5 Å². The number of benzene rings is 1. The van der Waals surface area contributed by atoms with Crippen molar-refractivity contribution < 1.29 is 19.1 Å². The summed E-state index contributed by atoms with van der Waals surface area (Å²) in [5.41, 5.74) is 0.443. The topological polar surface area (TPSA) is 71.1 Å². The number of likely N-dealkylation sites (tertiary alicyclic amines) is 1. The van der Waals surface area contributed by atoms with E-state index in [2.05, 4.69) is 5.32 Å². The maximum absolute atomic E-state index is 12.9. The van der Waals surface area contributed by atoms with Gasteiger partial charge in [0.2, 0.25) is 0 Å². The molecule has 3 amide bonds. The van der Waals surface area contributed by atoms with Crippen LogP contribution in [0.5, 0.6) is 11.5 Å². The molecule has 0 bridgehead atoms. The zero-order valence-electron chi connectivity index (χ0n) is 14.7. The van der Waals surface area contributed by atoms with Crippen LogP contribution in [0.3, 0.4) is 0 Å². The minimum atomic E-state index is -0.110. The van der Waals surface area contributed by atoms with E-state index in [9.17, 15) is 9.59 Å². The van der Waals surface area contributed by atoms with Crippen molar-refractivity contribution in [1.29, 1.82) is 0 Å². The predicted octanol–water partition coefficient (Wildman–Crippen LogP) is 1.58. The summed E-state index contributed by atoms with van der Waals surface area (Å²) in [6.45, 7) is 1.16. The molecule has 1 saturated heterocycles. The summed E-state index contributed by atoms with van der Waals surface area (Å²) in [5.74, 6) is 0.895. The molecule has 1 aliphatic rings. The van der Waals surface area contributed by atoms with Crippen LogP contribution >= 0.6 is 0 Å². The van der Waals surface area contributed by atoms with E-state index in [0.29, 0.717) is 30.2 Å². The third-order valence-corrected chi connectivity index (χ3v) is 4.16. The van der Waals surface area contributed by atoms with Crippen LogP contribution in [0.4, 0.5) is 4.79 Å². The summed E-state index contributed by atoms with van der Waals surface area (Å²) >= 11 is 0. The maximum atomic E-state index is 12.9. The number of methoxy groups -OCH3 is 2. The number of carbonyl (C=O) groups is 2. The van der Waals surface area contributed by atoms with Crippen LogP contribution in [0.2, 0.25) is 0 Å². The first kappa shape index (κ1) is 17.9. The first-order chi connectivity index (χ1) is 11.5. The highest BCUT2D eigenvalue weighted by Gasteiger charge is 2.28. The molecule has 1 aliphatic heterocycles. The van der Waals surface area contributed by atoms with E-state index >= 15 is 0 Å². The number of hydrogen-bond acceptors (Lipinski definition) is 4. The second-order valence-corrected chi connectivity index (χ2v) is 5.95. The molecule has 132 valence electrons. The van der Waals surface area contributed by atoms with Gasteiger partial charge in [0, 0.05) is 33.2 Å². The van der Waals surface area contributed by atoms with E-state index in [0.717, 1.165) is 12.8 Å². The number of carbonyl (C=O) groups excluding carboxylic acids is 2. The first-order valence-corrected chi connectivity index (χ1v) is 7.96. The zero-order chi connectivity index (χ0) is 17.7. The fourth-order valence-corrected chi connectivity index (χ4v) is 2.75. The number of piperidine rings is 1. The van der Waals surface area contributed by atoms with Gasteiger partial charge in [-0.1, -0.05) is 6.07 Å². The number of nitrogens with zero attached hydrogens (tertiary/aromatic N) is 2. The van der Waals surface area contributed by atoms with Gasteiger partial charge in [-0.25, -0.2) is 4.79 Å². The first-order valence-electron chi connectivity index (χ1n) is 7.96. The van der Waals surface area contributed by atoms with Crippen molar-refractivity contribution >= 4 is 11.9 Å². The van der Waals surface area contributed by atoms with Crippen LogP contribution in [-0.2, 0) is 0 Å². The Hall–Kier alpha value is -2.44. The number of ether oxygens (including phenoxy) is 2. The molecule has 1 heterocycles. The number of amides is 3. The Morgan fingerprint density at radius 3 is 2.12 bits per heavy atom. The van der Waals surface area contributed by atoms with Gasteiger partial charge in [-0.3, -0.25) is 4.79 Å². The molecule has 0 spiro atoms. The molecule has 7 nitrogen and oxygen atoms in total. The standard InChI is InChI=1S/C17H25N3O4/c1-19(2)17(22)18-12-8-10-20(11-9-12)16(21)15-13(23-3)6-5-7-14(15)24-4/h5-7,12H,8-11H2,1-4H3,(H,18,22). The maximum Gasteiger partial charge on any atom is 0.317 e. The molecule has 0 aromatic heterocycles. The molecule has 1 fully saturated rings. The molecule has 1 N–H and O–H groups in total. The number of hydrogen-bond donors (Lipinski definition) is 1. The highest BCUT2D eigenvalue weighted by Crippen LogP contribution is 2.30. The van der Waals surface area contributed by atoms with E-state index in [4.69, 9.17) is 9.47 Å². The summed E-state index contributed by atoms with van der Waals surface area (Å²) in [6.07, 6.45) is 1.45. The predicted molar refractivity (Wildman–Crippen MR) is 90.7 cm³/mol. The molecule has 0 radical (unpaired) electrons. The van der Waals surface area contributed by atoms with E-state index in [1.54, 1.807) is 37.2 Å². The van der Waals surface area contributed by atoms with Gasteiger partial charge in [0.05, 0.1) is 14.2 Å². The SMILES string of the molecule is COc1cccc(OC)c1C(=O)N1CCC(NC(=O)N(C)C)CC1. The van der Waals surface area contributed by atoms with Crippen molar-refractivity contribution in [2.24, 2.45) is 0 Å². The van der Waals surface area contributed by atoms with Crippen LogP contribution in [0.15, 0.2) is 18.2 Å². The molecule has 7 heteroatoms. The second-order valence-electron chi connectivity index (χ2n) is 5.95. The van der Waals surface area contributed by atoms with Gasteiger partial charge in [-0.2, -0.15) is 0 Å². The van der Waals surface area contributed by atoms with Crippen LogP contribution < -0.4 is 14.8 Å². The van der Waals surface area contributed by atoms with Gasteiger partial charge in [-0.15, -0.1) is 0 Å². The molecule has 1 aromatic rings. The average molecular weight is 335 g/mol. The van der Waals surface area contributed by atoms with E-state index in [1.807, 2.05) is 0 Å². The third-order valence-electron chi connectivity index (χ3n) is 4.16. The number of urea groups is 1. The Morgan fingerprint density at radius 2 is 1.67 bits per heavy atom. The molecule has 0 unspecified atom stereocenters. The quantitative estimate of drug-likeness (QED) is 0.907. The molecular weight excluding hydrogens is 310 g/mol. The summed E-state index contributed by atoms with van der Waals surface area (Å²) in [6, 6.07) is 5.27. The Kier molecular flexibility index (Phi) is 5.89. The van der Waals surface area contributed by atoms with Crippen LogP contribution in [0, 0.1) is 0 Å². The van der Waals surface area contributed by atoms with Gasteiger partial charge < -0.3 is 24.6 Å². The molecule has 0 saturated carbocycles. The molecule has 24 heavy (non-hydrogen) atoms. The van der Waals surface area contributed by atoms with Gasteiger partial charge in [0.15, 0.2) is 0 Å². The van der Waals surface area contributed by atoms with E-state index < -0.39 is 0 Å². The van der Waals surface area contributed by atoms with Crippen LogP contribution in [-0.4, -0.2) is 69.2 Å². The fraction of sp³-hybridized carbons (Fsp3) is 0.529. The average Bonchev–Trinajstić information content (AvgIpc) is 2.60. The largest absolute Gasteiger partial charge is 0.496 e. The van der Waals surface area contributed by atoms with Crippen molar-refractivity contribution in [1.82, 2.24) is 15.1 Å². The van der Waals surface area contributed by atoms with Gasteiger partial charge in [0.25, 0.3) is 5.91 Å². The van der Waals surface area contributed by atoms with Crippen LogP contribution in [0.25, 0.3) is 0 Å². The van der Waals surface area contributed by atoms with Crippen molar-refractivity contribution in [3.05, 3.63) is 23.8 Å². The lowest BCUT2D eigenvalue weighted by Gasteiger charge is -2.33. The Morgan fingerprint density at radius 1 is 1.12 bits per heavy atom. The highest BCUT2D eigenvalue weighted by molar-refractivity contribution is 5.99. The highest BCUT2D eigenvalue weighted by atomic mass is 16.5. The Bertz CT molecular complexity index is 573. The van der Waals surface area contributed by atoms with Crippen molar-refractivity contribution in [2.45, 2.75) is 18.9 Å². The molecule has 2 rings (SSSR count). The van der Waals surface area contributed by atoms with Gasteiger partial charge >= 0.3 is 6.03 Å². The Balaban J connectivity index is 2.05. The van der Waals surface area contributed by atoms with E-state index in [1.165, 1.54) is 19.1 Å². The van der Waals surface area contributed by atoms with Gasteiger partial charge in [-0.05, 0) is 25.0 Å². The monoisotopic (exact) mass is 335 g/mol. The summed E-state index contributed by atoms with van der Waals surface area (Å²) in [4.78, 5) is 27.9. The minimum Gasteiger partial charge on any atom is -0.496 e. The zero-order valence-corrected chi connectivity index (χ0v) is 14.7. The second kappa shape index (κ2) is 7.90. The smallest absolute Gasteiger partial charge is 0.317 e. The molecular formula is C17H25N3O4. The van der Waals surface area contributed by atoms with Crippen LogP contribution in [0.1, 0.15) is 23.2 Å². The van der Waals surface area contributed by atoms with Gasteiger partial charge in [0.1, 0.15) is 17.1 Å². The lowest BCUT2D eigenvalue weighted by atomic mass is 10.0. The number of rotatable bonds is 4. The normalized spacial score (nSPS) is 14.9. The molecule has 1 aromatic carbocycles. The summed E-state index contributed by atoms with van der Waals surface area (Å²) in [5, 5.41) is 2.96. The lowest BCUT2D eigenvalue weighted by Crippen LogP contribution is -2.48. The molecule has 0 atom stereocenters. The summed E-state index contributed by atoms with van der Waals surface area (Å²) in [7, 11) is 6.49. The molecule has 0 aliphatic carbocycles. The third kappa shape index (κ3) is 3.90. The fourth-order valence-electron chi connectivity index (χ4n) is 2.75. The van der Waals surface area contributed by atoms with E-state index in [-0.39, 0.29) is 18.0 Å². The van der Waals surface area contributed by atoms with Crippen molar-refractivity contribution in [3.63, 3.8) is 0 Å².